The van der Waals surface area contributed by atoms with Gasteiger partial charge in [0.15, 0.2) is 0 Å². The van der Waals surface area contributed by atoms with Gasteiger partial charge in [-0.05, 0) is 31.2 Å². The zero-order chi connectivity index (χ0) is 12.7. The number of rotatable bonds is 2. The minimum atomic E-state index is -1.14. The number of hydrogen-bond donors (Lipinski definition) is 1. The van der Waals surface area contributed by atoms with E-state index < -0.39 is 5.60 Å². The monoisotopic (exact) mass is 230 g/mol. The standard InChI is InChI=1S/C12H12N2O.C2H6/c1-12(15,10-6-2-4-8-13-10)11-7-3-5-9-14-11;1-2/h2-9,15H,1H3;1-2H3. The summed E-state index contributed by atoms with van der Waals surface area (Å²) in [5.74, 6) is 0. The topological polar surface area (TPSA) is 46.0 Å². The van der Waals surface area contributed by atoms with Gasteiger partial charge in [0.25, 0.3) is 0 Å². The molecule has 0 amide bonds. The summed E-state index contributed by atoms with van der Waals surface area (Å²) >= 11 is 0. The van der Waals surface area contributed by atoms with Crippen LogP contribution in [0.3, 0.4) is 0 Å². The Morgan fingerprint density at radius 3 is 1.59 bits per heavy atom. The van der Waals surface area contributed by atoms with Crippen LogP contribution in [-0.2, 0) is 5.60 Å². The molecule has 2 heterocycles. The molecular weight excluding hydrogens is 212 g/mol. The van der Waals surface area contributed by atoms with Crippen molar-refractivity contribution in [2.45, 2.75) is 26.4 Å². The fraction of sp³-hybridized carbons (Fsp3) is 0.286. The van der Waals surface area contributed by atoms with E-state index in [0.717, 1.165) is 0 Å². The Kier molecular flexibility index (Phi) is 4.79. The van der Waals surface area contributed by atoms with E-state index in [1.54, 1.807) is 31.5 Å². The summed E-state index contributed by atoms with van der Waals surface area (Å²) < 4.78 is 0. The number of hydrogen-bond acceptors (Lipinski definition) is 3. The molecule has 0 bridgehead atoms. The zero-order valence-electron chi connectivity index (χ0n) is 10.5. The van der Waals surface area contributed by atoms with Crippen molar-refractivity contribution in [2.24, 2.45) is 0 Å². The maximum atomic E-state index is 10.3. The van der Waals surface area contributed by atoms with Crippen molar-refractivity contribution in [1.29, 1.82) is 0 Å². The molecule has 0 aliphatic carbocycles. The highest BCUT2D eigenvalue weighted by Crippen LogP contribution is 2.24. The lowest BCUT2D eigenvalue weighted by Crippen LogP contribution is -2.25. The SMILES string of the molecule is CC.CC(O)(c1ccccn1)c1ccccn1. The predicted octanol–water partition coefficient (Wildman–Crippen LogP) is 2.76. The number of aromatic nitrogens is 2. The molecule has 3 heteroatoms. The van der Waals surface area contributed by atoms with Gasteiger partial charge in [0.2, 0.25) is 0 Å². The first-order valence-corrected chi connectivity index (χ1v) is 5.76. The van der Waals surface area contributed by atoms with Crippen LogP contribution < -0.4 is 0 Å². The molecule has 0 fully saturated rings. The summed E-state index contributed by atoms with van der Waals surface area (Å²) in [7, 11) is 0. The van der Waals surface area contributed by atoms with Crippen molar-refractivity contribution in [3.8, 4) is 0 Å². The minimum absolute atomic E-state index is 0.601. The Hall–Kier alpha value is -1.74. The van der Waals surface area contributed by atoms with Crippen LogP contribution in [0.25, 0.3) is 0 Å². The third kappa shape index (κ3) is 3.11. The highest BCUT2D eigenvalue weighted by molar-refractivity contribution is 5.25. The maximum absolute atomic E-state index is 10.3. The van der Waals surface area contributed by atoms with Gasteiger partial charge in [-0.25, -0.2) is 0 Å². The average Bonchev–Trinajstić information content (AvgIpc) is 2.43. The highest BCUT2D eigenvalue weighted by atomic mass is 16.3. The fourth-order valence-electron chi connectivity index (χ4n) is 1.43. The molecule has 0 aliphatic rings. The summed E-state index contributed by atoms with van der Waals surface area (Å²) in [5, 5.41) is 10.3. The molecule has 2 aromatic heterocycles. The molecule has 1 N–H and O–H groups in total. The second-order valence-corrected chi connectivity index (χ2v) is 3.50. The van der Waals surface area contributed by atoms with Crippen molar-refractivity contribution in [2.75, 3.05) is 0 Å². The molecule has 0 unspecified atom stereocenters. The first kappa shape index (κ1) is 13.3. The molecule has 2 rings (SSSR count). The van der Waals surface area contributed by atoms with Crippen LogP contribution in [-0.4, -0.2) is 15.1 Å². The fourth-order valence-corrected chi connectivity index (χ4v) is 1.43. The van der Waals surface area contributed by atoms with Crippen LogP contribution in [0.1, 0.15) is 32.2 Å². The lowest BCUT2D eigenvalue weighted by molar-refractivity contribution is 0.0926. The zero-order valence-corrected chi connectivity index (χ0v) is 10.5. The normalized spacial score (nSPS) is 10.4. The molecule has 2 aromatic rings. The first-order chi connectivity index (χ1) is 8.21. The second kappa shape index (κ2) is 6.11. The Morgan fingerprint density at radius 2 is 1.29 bits per heavy atom. The summed E-state index contributed by atoms with van der Waals surface area (Å²) in [6.07, 6.45) is 3.32. The van der Waals surface area contributed by atoms with E-state index in [2.05, 4.69) is 9.97 Å². The van der Waals surface area contributed by atoms with Crippen molar-refractivity contribution in [3.63, 3.8) is 0 Å². The van der Waals surface area contributed by atoms with Gasteiger partial charge in [-0.2, -0.15) is 0 Å². The van der Waals surface area contributed by atoms with Crippen LogP contribution in [0.4, 0.5) is 0 Å². The maximum Gasteiger partial charge on any atom is 0.145 e. The van der Waals surface area contributed by atoms with Gasteiger partial charge >= 0.3 is 0 Å². The van der Waals surface area contributed by atoms with Gasteiger partial charge in [-0.15, -0.1) is 0 Å². The number of aliphatic hydroxyl groups is 1. The van der Waals surface area contributed by atoms with Gasteiger partial charge in [0, 0.05) is 12.4 Å². The van der Waals surface area contributed by atoms with E-state index in [-0.39, 0.29) is 0 Å². The first-order valence-electron chi connectivity index (χ1n) is 5.76. The van der Waals surface area contributed by atoms with Gasteiger partial charge in [0.1, 0.15) is 5.60 Å². The van der Waals surface area contributed by atoms with Gasteiger partial charge in [-0.3, -0.25) is 9.97 Å². The molecule has 0 spiro atoms. The van der Waals surface area contributed by atoms with E-state index in [4.69, 9.17) is 0 Å². The lowest BCUT2D eigenvalue weighted by atomic mass is 9.97. The Bertz CT molecular complexity index is 385. The largest absolute Gasteiger partial charge is 0.377 e. The summed E-state index contributed by atoms with van der Waals surface area (Å²) in [6, 6.07) is 10.9. The van der Waals surface area contributed by atoms with E-state index >= 15 is 0 Å². The Labute approximate surface area is 102 Å². The summed E-state index contributed by atoms with van der Waals surface area (Å²) in [6.45, 7) is 5.69. The highest BCUT2D eigenvalue weighted by Gasteiger charge is 2.27. The molecule has 0 aliphatic heterocycles. The van der Waals surface area contributed by atoms with Crippen LogP contribution in [0, 0.1) is 0 Å². The van der Waals surface area contributed by atoms with Crippen molar-refractivity contribution < 1.29 is 5.11 Å². The van der Waals surface area contributed by atoms with Crippen LogP contribution in [0.5, 0.6) is 0 Å². The Morgan fingerprint density at radius 1 is 0.882 bits per heavy atom. The van der Waals surface area contributed by atoms with E-state index in [1.165, 1.54) is 0 Å². The van der Waals surface area contributed by atoms with Gasteiger partial charge in [0.05, 0.1) is 11.4 Å². The van der Waals surface area contributed by atoms with Crippen LogP contribution in [0.2, 0.25) is 0 Å². The smallest absolute Gasteiger partial charge is 0.145 e. The molecular formula is C14H18N2O. The van der Waals surface area contributed by atoms with E-state index in [1.807, 2.05) is 38.1 Å². The van der Waals surface area contributed by atoms with Crippen LogP contribution in [0.15, 0.2) is 48.8 Å². The number of nitrogens with zero attached hydrogens (tertiary/aromatic N) is 2. The van der Waals surface area contributed by atoms with E-state index in [0.29, 0.717) is 11.4 Å². The third-order valence-corrected chi connectivity index (χ3v) is 2.33. The summed E-state index contributed by atoms with van der Waals surface area (Å²) in [5.41, 5.74) is 0.0649. The van der Waals surface area contributed by atoms with E-state index in [9.17, 15) is 5.11 Å². The molecule has 0 atom stereocenters. The third-order valence-electron chi connectivity index (χ3n) is 2.33. The average molecular weight is 230 g/mol. The van der Waals surface area contributed by atoms with Crippen LogP contribution >= 0.6 is 0 Å². The molecule has 0 saturated heterocycles. The summed E-state index contributed by atoms with van der Waals surface area (Å²) in [4.78, 5) is 8.27. The molecule has 0 radical (unpaired) electrons. The number of pyridine rings is 2. The molecule has 90 valence electrons. The lowest BCUT2D eigenvalue weighted by Gasteiger charge is -2.21. The minimum Gasteiger partial charge on any atom is -0.377 e. The molecule has 17 heavy (non-hydrogen) atoms. The van der Waals surface area contributed by atoms with Crippen molar-refractivity contribution in [3.05, 3.63) is 60.2 Å². The predicted molar refractivity (Wildman–Crippen MR) is 68.5 cm³/mol. The van der Waals surface area contributed by atoms with Crippen molar-refractivity contribution >= 4 is 0 Å². The Balaban J connectivity index is 0.000000686. The van der Waals surface area contributed by atoms with Crippen molar-refractivity contribution in [1.82, 2.24) is 9.97 Å². The van der Waals surface area contributed by atoms with Gasteiger partial charge in [-0.1, -0.05) is 26.0 Å². The second-order valence-electron chi connectivity index (χ2n) is 3.50. The molecule has 3 nitrogen and oxygen atoms in total. The quantitative estimate of drug-likeness (QED) is 0.862. The van der Waals surface area contributed by atoms with Gasteiger partial charge < -0.3 is 5.11 Å². The molecule has 0 saturated carbocycles. The molecule has 0 aromatic carbocycles.